The van der Waals surface area contributed by atoms with Gasteiger partial charge < -0.3 is 14.4 Å². The molecule has 2 fully saturated rings. The lowest BCUT2D eigenvalue weighted by molar-refractivity contribution is -0.0121. The van der Waals surface area contributed by atoms with Crippen molar-refractivity contribution in [3.05, 3.63) is 70.1 Å². The molecular formula is C35H47ClN4O3. The Balaban J connectivity index is 0.000000239. The predicted molar refractivity (Wildman–Crippen MR) is 174 cm³/mol. The van der Waals surface area contributed by atoms with E-state index in [0.29, 0.717) is 23.2 Å². The van der Waals surface area contributed by atoms with E-state index in [1.54, 1.807) is 0 Å². The molecule has 0 bridgehead atoms. The molecule has 0 saturated heterocycles. The molecule has 0 atom stereocenters. The van der Waals surface area contributed by atoms with E-state index in [-0.39, 0.29) is 18.2 Å². The Labute approximate surface area is 261 Å². The van der Waals surface area contributed by atoms with E-state index in [1.807, 2.05) is 81.8 Å². The molecule has 2 heterocycles. The lowest BCUT2D eigenvalue weighted by Gasteiger charge is -2.25. The van der Waals surface area contributed by atoms with Crippen LogP contribution in [0.15, 0.2) is 47.0 Å². The maximum absolute atomic E-state index is 9.66. The lowest BCUT2D eigenvalue weighted by Crippen LogP contribution is -2.24. The minimum Gasteiger partial charge on any atom is -0.393 e. The van der Waals surface area contributed by atoms with E-state index in [1.165, 1.54) is 0 Å². The third-order valence-electron chi connectivity index (χ3n) is 7.54. The standard InChI is InChI=1S/C20H24ClNO3.C11H11N3.2C2H6/c1-12-3-2-4-17(21)18(12)19-16(20(25-22-19)13-5-6-13)11-24-15-9-7-14(23)8-10-15;1-8(2)14-11-6-4-3-5-9(11)10(7-12)13-14;2*1-2/h2-4,13-15,23H,5-11H2,1H3;3-6,8H,1-2H3;2*1-2H3. The lowest BCUT2D eigenvalue weighted by atomic mass is 9.95. The Morgan fingerprint density at radius 3 is 2.30 bits per heavy atom. The highest BCUT2D eigenvalue weighted by Crippen LogP contribution is 2.45. The van der Waals surface area contributed by atoms with Crippen molar-refractivity contribution >= 4 is 22.5 Å². The van der Waals surface area contributed by atoms with Crippen LogP contribution in [-0.2, 0) is 11.3 Å². The van der Waals surface area contributed by atoms with E-state index in [9.17, 15) is 5.11 Å². The van der Waals surface area contributed by atoms with Crippen LogP contribution >= 0.6 is 11.6 Å². The van der Waals surface area contributed by atoms with Gasteiger partial charge >= 0.3 is 0 Å². The van der Waals surface area contributed by atoms with Crippen molar-refractivity contribution in [3.63, 3.8) is 0 Å². The summed E-state index contributed by atoms with van der Waals surface area (Å²) < 4.78 is 13.8. The summed E-state index contributed by atoms with van der Waals surface area (Å²) in [6.07, 6.45) is 5.79. The maximum Gasteiger partial charge on any atom is 0.170 e. The van der Waals surface area contributed by atoms with Gasteiger partial charge in [0.2, 0.25) is 0 Å². The summed E-state index contributed by atoms with van der Waals surface area (Å²) in [6.45, 7) is 14.6. The van der Waals surface area contributed by atoms with Gasteiger partial charge in [0.15, 0.2) is 5.69 Å². The summed E-state index contributed by atoms with van der Waals surface area (Å²) in [4.78, 5) is 0. The molecule has 8 heteroatoms. The normalized spacial score (nSPS) is 17.6. The highest BCUT2D eigenvalue weighted by Gasteiger charge is 2.34. The Morgan fingerprint density at radius 2 is 1.70 bits per heavy atom. The van der Waals surface area contributed by atoms with Crippen LogP contribution in [0.3, 0.4) is 0 Å². The first-order valence-corrected chi connectivity index (χ1v) is 16.2. The first-order valence-electron chi connectivity index (χ1n) is 15.8. The zero-order chi connectivity index (χ0) is 31.5. The largest absolute Gasteiger partial charge is 0.393 e. The maximum atomic E-state index is 9.66. The van der Waals surface area contributed by atoms with Gasteiger partial charge in [-0.2, -0.15) is 10.4 Å². The van der Waals surface area contributed by atoms with Crippen LogP contribution in [0.4, 0.5) is 0 Å². The molecule has 2 aromatic carbocycles. The summed E-state index contributed by atoms with van der Waals surface area (Å²) in [7, 11) is 0. The zero-order valence-corrected chi connectivity index (χ0v) is 27.5. The number of aromatic nitrogens is 3. The molecule has 4 aromatic rings. The van der Waals surface area contributed by atoms with E-state index in [4.69, 9.17) is 26.1 Å². The van der Waals surface area contributed by atoms with Crippen molar-refractivity contribution in [2.75, 3.05) is 0 Å². The number of para-hydroxylation sites is 1. The summed E-state index contributed by atoms with van der Waals surface area (Å²) >= 11 is 6.46. The van der Waals surface area contributed by atoms with Gasteiger partial charge in [0, 0.05) is 28.5 Å². The van der Waals surface area contributed by atoms with Gasteiger partial charge in [-0.1, -0.05) is 68.7 Å². The minimum atomic E-state index is -0.168. The molecule has 6 rings (SSSR count). The summed E-state index contributed by atoms with van der Waals surface area (Å²) in [5.41, 5.74) is 5.43. The number of halogens is 1. The van der Waals surface area contributed by atoms with E-state index in [2.05, 4.69) is 30.2 Å². The summed E-state index contributed by atoms with van der Waals surface area (Å²) in [5.74, 6) is 1.43. The van der Waals surface area contributed by atoms with Crippen LogP contribution in [0.5, 0.6) is 0 Å². The molecule has 2 saturated carbocycles. The second kappa shape index (κ2) is 16.6. The van der Waals surface area contributed by atoms with Crippen molar-refractivity contribution in [3.8, 4) is 17.3 Å². The molecule has 0 unspecified atom stereocenters. The number of benzene rings is 2. The van der Waals surface area contributed by atoms with Gasteiger partial charge in [0.1, 0.15) is 17.5 Å². The van der Waals surface area contributed by atoms with Crippen LogP contribution < -0.4 is 0 Å². The highest BCUT2D eigenvalue weighted by molar-refractivity contribution is 6.33. The van der Waals surface area contributed by atoms with Crippen LogP contribution in [0.1, 0.15) is 115 Å². The number of aliphatic hydroxyl groups is 1. The molecular weight excluding hydrogens is 560 g/mol. The molecule has 2 aromatic heterocycles. The van der Waals surface area contributed by atoms with E-state index >= 15 is 0 Å². The number of nitrogens with zero attached hydrogens (tertiary/aromatic N) is 4. The van der Waals surface area contributed by atoms with Gasteiger partial charge in [-0.25, -0.2) is 0 Å². The predicted octanol–water partition coefficient (Wildman–Crippen LogP) is 9.54. The highest BCUT2D eigenvalue weighted by atomic mass is 35.5. The third kappa shape index (κ3) is 8.47. The average molecular weight is 607 g/mol. The monoisotopic (exact) mass is 606 g/mol. The van der Waals surface area contributed by atoms with Crippen molar-refractivity contribution in [2.24, 2.45) is 0 Å². The molecule has 2 aliphatic carbocycles. The number of ether oxygens (including phenoxy) is 1. The Hall–Kier alpha value is -3.18. The summed E-state index contributed by atoms with van der Waals surface area (Å²) in [6, 6.07) is 16.1. The van der Waals surface area contributed by atoms with Gasteiger partial charge in [-0.3, -0.25) is 4.68 Å². The van der Waals surface area contributed by atoms with Crippen molar-refractivity contribution in [1.29, 1.82) is 5.26 Å². The van der Waals surface area contributed by atoms with E-state index < -0.39 is 0 Å². The van der Waals surface area contributed by atoms with Gasteiger partial charge in [0.25, 0.3) is 0 Å². The molecule has 0 radical (unpaired) electrons. The second-order valence-corrected chi connectivity index (χ2v) is 11.2. The van der Waals surface area contributed by atoms with Gasteiger partial charge in [-0.05, 0) is 83.1 Å². The Bertz CT molecular complexity index is 1450. The fourth-order valence-corrected chi connectivity index (χ4v) is 5.55. The van der Waals surface area contributed by atoms with Crippen molar-refractivity contribution in [1.82, 2.24) is 14.9 Å². The van der Waals surface area contributed by atoms with Crippen molar-refractivity contribution in [2.45, 2.75) is 118 Å². The third-order valence-corrected chi connectivity index (χ3v) is 7.86. The van der Waals surface area contributed by atoms with Crippen molar-refractivity contribution < 1.29 is 14.4 Å². The second-order valence-electron chi connectivity index (χ2n) is 10.8. The molecule has 232 valence electrons. The molecule has 2 aliphatic rings. The van der Waals surface area contributed by atoms with Crippen LogP contribution in [0.2, 0.25) is 5.02 Å². The molecule has 7 nitrogen and oxygen atoms in total. The van der Waals surface area contributed by atoms with Crippen LogP contribution in [0.25, 0.3) is 22.2 Å². The number of rotatable bonds is 6. The number of aliphatic hydroxyl groups excluding tert-OH is 1. The van der Waals surface area contributed by atoms with Crippen LogP contribution in [0, 0.1) is 18.3 Å². The molecule has 0 aliphatic heterocycles. The molecule has 0 amide bonds. The fraction of sp³-hybridized carbons (Fsp3) is 0.514. The first kappa shape index (κ1) is 34.3. The Morgan fingerprint density at radius 1 is 1.02 bits per heavy atom. The zero-order valence-electron chi connectivity index (χ0n) is 26.7. The minimum absolute atomic E-state index is 0.168. The quantitative estimate of drug-likeness (QED) is 0.235. The topological polar surface area (TPSA) is 97.1 Å². The smallest absolute Gasteiger partial charge is 0.170 e. The SMILES string of the molecule is CC.CC.CC(C)n1nc(C#N)c2ccccc21.Cc1cccc(Cl)c1-c1noc(C2CC2)c1COC1CCC(O)CC1. The van der Waals surface area contributed by atoms with Crippen LogP contribution in [-0.4, -0.2) is 32.3 Å². The number of hydrogen-bond acceptors (Lipinski definition) is 6. The Kier molecular flexibility index (Phi) is 13.3. The number of hydrogen-bond donors (Lipinski definition) is 1. The first-order chi connectivity index (χ1) is 20.9. The van der Waals surface area contributed by atoms with Gasteiger partial charge in [0.05, 0.1) is 29.4 Å². The summed E-state index contributed by atoms with van der Waals surface area (Å²) in [5, 5.41) is 28.8. The molecule has 0 spiro atoms. The molecule has 1 N–H and O–H groups in total. The number of nitriles is 1. The molecule has 43 heavy (non-hydrogen) atoms. The number of fused-ring (bicyclic) bond motifs is 1. The number of aryl methyl sites for hydroxylation is 1. The van der Waals surface area contributed by atoms with Gasteiger partial charge in [-0.15, -0.1) is 0 Å². The average Bonchev–Trinajstić information content (AvgIpc) is 3.68. The fourth-order valence-electron chi connectivity index (χ4n) is 5.23. The van der Waals surface area contributed by atoms with E-state index in [0.717, 1.165) is 77.6 Å².